The van der Waals surface area contributed by atoms with E-state index in [2.05, 4.69) is 20.9 Å². The van der Waals surface area contributed by atoms with E-state index >= 15 is 0 Å². The number of nitrogens with zero attached hydrogens (tertiary/aromatic N) is 1. The largest absolute Gasteiger partial charge is 0.383 e. The number of pyridine rings is 1. The maximum Gasteiger partial charge on any atom is 0.257 e. The highest BCUT2D eigenvalue weighted by molar-refractivity contribution is 6.04. The van der Waals surface area contributed by atoms with Gasteiger partial charge in [-0.25, -0.2) is 0 Å². The molecular weight excluding hydrogens is 308 g/mol. The van der Waals surface area contributed by atoms with Gasteiger partial charge < -0.3 is 20.7 Å². The van der Waals surface area contributed by atoms with E-state index in [0.717, 1.165) is 5.69 Å². The quantitative estimate of drug-likeness (QED) is 0.679. The average Bonchev–Trinajstić information content (AvgIpc) is 2.57. The third-order valence-corrected chi connectivity index (χ3v) is 3.10. The molecule has 0 fully saturated rings. The molecule has 24 heavy (non-hydrogen) atoms. The van der Waals surface area contributed by atoms with Crippen LogP contribution >= 0.6 is 0 Å². The lowest BCUT2D eigenvalue weighted by Gasteiger charge is -2.09. The summed E-state index contributed by atoms with van der Waals surface area (Å²) in [5.41, 5.74) is 2.50. The van der Waals surface area contributed by atoms with Gasteiger partial charge in [0, 0.05) is 44.3 Å². The van der Waals surface area contributed by atoms with Crippen LogP contribution in [-0.2, 0) is 9.53 Å². The Balaban J connectivity index is 1.98. The lowest BCUT2D eigenvalue weighted by Crippen LogP contribution is -2.14. The van der Waals surface area contributed by atoms with E-state index < -0.39 is 0 Å². The Morgan fingerprint density at radius 3 is 2.33 bits per heavy atom. The Hall–Kier alpha value is -2.93. The number of anilines is 3. The molecule has 0 bridgehead atoms. The fourth-order valence-electron chi connectivity index (χ4n) is 2.00. The number of carbonyl (C=O) groups excluding carboxylic acids is 2. The summed E-state index contributed by atoms with van der Waals surface area (Å²) in [5, 5.41) is 8.58. The highest BCUT2D eigenvalue weighted by Gasteiger charge is 2.08. The fraction of sp³-hybridized carbons (Fsp3) is 0.235. The van der Waals surface area contributed by atoms with E-state index in [1.165, 1.54) is 13.1 Å². The van der Waals surface area contributed by atoms with E-state index in [9.17, 15) is 9.59 Å². The second kappa shape index (κ2) is 8.64. The van der Waals surface area contributed by atoms with Gasteiger partial charge in [0.05, 0.1) is 17.9 Å². The number of rotatable bonds is 7. The van der Waals surface area contributed by atoms with Gasteiger partial charge >= 0.3 is 0 Å². The van der Waals surface area contributed by atoms with Crippen molar-refractivity contribution in [2.24, 2.45) is 0 Å². The number of methoxy groups -OCH3 is 1. The topological polar surface area (TPSA) is 92.3 Å². The molecule has 3 N–H and O–H groups in total. The molecule has 2 amide bonds. The maximum atomic E-state index is 12.3. The molecule has 1 heterocycles. The standard InChI is InChI=1S/C17H20N4O3/c1-12(22)20-14-3-5-15(6-4-14)21-17(23)13-9-16(11-18-10-13)19-7-8-24-2/h3-6,9-11,19H,7-8H2,1-2H3,(H,20,22)(H,21,23). The Morgan fingerprint density at radius 2 is 1.71 bits per heavy atom. The Labute approximate surface area is 140 Å². The summed E-state index contributed by atoms with van der Waals surface area (Å²) in [6.07, 6.45) is 3.15. The molecule has 0 unspecified atom stereocenters. The highest BCUT2D eigenvalue weighted by atomic mass is 16.5. The minimum absolute atomic E-state index is 0.143. The van der Waals surface area contributed by atoms with Crippen LogP contribution in [0.4, 0.5) is 17.1 Å². The van der Waals surface area contributed by atoms with Gasteiger partial charge in [0.15, 0.2) is 0 Å². The van der Waals surface area contributed by atoms with Crippen LogP contribution < -0.4 is 16.0 Å². The van der Waals surface area contributed by atoms with Crippen LogP contribution in [0.15, 0.2) is 42.7 Å². The summed E-state index contributed by atoms with van der Waals surface area (Å²) in [7, 11) is 1.63. The number of nitrogens with one attached hydrogen (secondary N) is 3. The summed E-state index contributed by atoms with van der Waals surface area (Å²) >= 11 is 0. The molecule has 0 radical (unpaired) electrons. The second-order valence-corrected chi connectivity index (χ2v) is 5.09. The van der Waals surface area contributed by atoms with Gasteiger partial charge in [-0.15, -0.1) is 0 Å². The second-order valence-electron chi connectivity index (χ2n) is 5.09. The number of benzene rings is 1. The molecular formula is C17H20N4O3. The average molecular weight is 328 g/mol. The van der Waals surface area contributed by atoms with E-state index in [0.29, 0.717) is 30.1 Å². The van der Waals surface area contributed by atoms with Crippen molar-refractivity contribution in [3.8, 4) is 0 Å². The van der Waals surface area contributed by atoms with Crippen molar-refractivity contribution in [1.82, 2.24) is 4.98 Å². The van der Waals surface area contributed by atoms with Crippen LogP contribution in [0.25, 0.3) is 0 Å². The van der Waals surface area contributed by atoms with Gasteiger partial charge in [-0.05, 0) is 30.3 Å². The van der Waals surface area contributed by atoms with Gasteiger partial charge in [0.1, 0.15) is 0 Å². The lowest BCUT2D eigenvalue weighted by atomic mass is 10.2. The monoisotopic (exact) mass is 328 g/mol. The SMILES string of the molecule is COCCNc1cncc(C(=O)Nc2ccc(NC(C)=O)cc2)c1. The molecule has 2 aromatic rings. The maximum absolute atomic E-state index is 12.3. The molecule has 7 heteroatoms. The number of amides is 2. The number of hydrogen-bond donors (Lipinski definition) is 3. The molecule has 1 aromatic heterocycles. The number of hydrogen-bond acceptors (Lipinski definition) is 5. The first-order valence-corrected chi connectivity index (χ1v) is 7.45. The van der Waals surface area contributed by atoms with Crippen molar-refractivity contribution in [2.45, 2.75) is 6.92 Å². The Morgan fingerprint density at radius 1 is 1.04 bits per heavy atom. The van der Waals surface area contributed by atoms with Crippen LogP contribution in [0.5, 0.6) is 0 Å². The van der Waals surface area contributed by atoms with E-state index in [1.54, 1.807) is 43.6 Å². The lowest BCUT2D eigenvalue weighted by molar-refractivity contribution is -0.114. The number of aromatic nitrogens is 1. The third kappa shape index (κ3) is 5.36. The first-order valence-electron chi connectivity index (χ1n) is 7.45. The minimum Gasteiger partial charge on any atom is -0.383 e. The summed E-state index contributed by atoms with van der Waals surface area (Å²) in [6, 6.07) is 8.61. The van der Waals surface area contributed by atoms with Crippen molar-refractivity contribution < 1.29 is 14.3 Å². The molecule has 1 aromatic carbocycles. The summed E-state index contributed by atoms with van der Waals surface area (Å²) in [5.74, 6) is -0.402. The van der Waals surface area contributed by atoms with Crippen molar-refractivity contribution in [2.75, 3.05) is 36.2 Å². The Kier molecular flexibility index (Phi) is 6.27. The highest BCUT2D eigenvalue weighted by Crippen LogP contribution is 2.15. The summed E-state index contributed by atoms with van der Waals surface area (Å²) < 4.78 is 4.97. The predicted molar refractivity (Wildman–Crippen MR) is 93.3 cm³/mol. The van der Waals surface area contributed by atoms with Crippen LogP contribution in [0.2, 0.25) is 0 Å². The number of ether oxygens (including phenoxy) is 1. The minimum atomic E-state index is -0.259. The van der Waals surface area contributed by atoms with E-state index in [4.69, 9.17) is 4.74 Å². The summed E-state index contributed by atoms with van der Waals surface area (Å²) in [4.78, 5) is 27.3. The molecule has 2 rings (SSSR count). The van der Waals surface area contributed by atoms with Gasteiger partial charge in [-0.1, -0.05) is 0 Å². The van der Waals surface area contributed by atoms with Crippen molar-refractivity contribution in [3.63, 3.8) is 0 Å². The first kappa shape index (κ1) is 17.4. The van der Waals surface area contributed by atoms with Crippen LogP contribution in [-0.4, -0.2) is 37.1 Å². The fourth-order valence-corrected chi connectivity index (χ4v) is 2.00. The molecule has 0 aliphatic heterocycles. The van der Waals surface area contributed by atoms with Crippen LogP contribution in [0, 0.1) is 0 Å². The van der Waals surface area contributed by atoms with Gasteiger partial charge in [0.2, 0.25) is 5.91 Å². The first-order chi connectivity index (χ1) is 11.6. The Bertz CT molecular complexity index is 701. The van der Waals surface area contributed by atoms with Crippen LogP contribution in [0.3, 0.4) is 0 Å². The molecule has 0 aliphatic carbocycles. The van der Waals surface area contributed by atoms with Gasteiger partial charge in [-0.2, -0.15) is 0 Å². The molecule has 0 atom stereocenters. The van der Waals surface area contributed by atoms with E-state index in [1.807, 2.05) is 0 Å². The van der Waals surface area contributed by atoms with E-state index in [-0.39, 0.29) is 11.8 Å². The normalized spacial score (nSPS) is 10.1. The molecule has 126 valence electrons. The predicted octanol–water partition coefficient (Wildman–Crippen LogP) is 2.35. The van der Waals surface area contributed by atoms with Crippen molar-refractivity contribution in [3.05, 3.63) is 48.3 Å². The molecule has 0 saturated carbocycles. The van der Waals surface area contributed by atoms with Crippen molar-refractivity contribution in [1.29, 1.82) is 0 Å². The van der Waals surface area contributed by atoms with Crippen molar-refractivity contribution >= 4 is 28.9 Å². The molecule has 0 saturated heterocycles. The zero-order valence-corrected chi connectivity index (χ0v) is 13.6. The molecule has 0 spiro atoms. The summed E-state index contributed by atoms with van der Waals surface area (Å²) in [6.45, 7) is 2.64. The van der Waals surface area contributed by atoms with Gasteiger partial charge in [0.25, 0.3) is 5.91 Å². The van der Waals surface area contributed by atoms with Crippen LogP contribution in [0.1, 0.15) is 17.3 Å². The third-order valence-electron chi connectivity index (χ3n) is 3.10. The van der Waals surface area contributed by atoms with Gasteiger partial charge in [-0.3, -0.25) is 14.6 Å². The smallest absolute Gasteiger partial charge is 0.257 e. The zero-order valence-electron chi connectivity index (χ0n) is 13.6. The molecule has 0 aliphatic rings. The zero-order chi connectivity index (χ0) is 17.4. The number of carbonyl (C=O) groups is 2. The molecule has 7 nitrogen and oxygen atoms in total.